The highest BCUT2D eigenvalue weighted by Gasteiger charge is 2.34. The van der Waals surface area contributed by atoms with Crippen molar-refractivity contribution >= 4 is 5.82 Å². The van der Waals surface area contributed by atoms with Crippen LogP contribution in [0.3, 0.4) is 0 Å². The van der Waals surface area contributed by atoms with Crippen molar-refractivity contribution in [1.82, 2.24) is 0 Å². The number of aromatic amines is 1. The molecule has 0 unspecified atom stereocenters. The molecule has 1 aromatic rings. The Labute approximate surface area is 145 Å². The summed E-state index contributed by atoms with van der Waals surface area (Å²) in [6.07, 6.45) is 9.19. The molecule has 4 heteroatoms. The molecule has 0 bridgehead atoms. The number of H-pyrrole nitrogens is 1. The average molecular weight is 328 g/mol. The standard InChI is InChI=1S/C20H29N3O/c1-4-8-18-17-13-24-20(2,3)11-15(17)16(12-21)19(23-18)22-14-9-6-5-7-10-14/h14H,4-11,13H2,1-3H3,(H,22,23)/p+1. The third kappa shape index (κ3) is 3.57. The number of anilines is 1. The van der Waals surface area contributed by atoms with Crippen LogP contribution in [0, 0.1) is 11.3 Å². The maximum atomic E-state index is 9.84. The molecule has 1 aliphatic heterocycles. The van der Waals surface area contributed by atoms with E-state index in [1.165, 1.54) is 48.9 Å². The second kappa shape index (κ2) is 7.11. The molecule has 4 nitrogen and oxygen atoms in total. The Hall–Kier alpha value is -1.60. The minimum atomic E-state index is -0.203. The van der Waals surface area contributed by atoms with E-state index < -0.39 is 0 Å². The molecule has 0 amide bonds. The number of aryl methyl sites for hydroxylation is 1. The molecule has 1 aliphatic carbocycles. The van der Waals surface area contributed by atoms with Crippen LogP contribution < -0.4 is 10.3 Å². The molecular weight excluding hydrogens is 298 g/mol. The van der Waals surface area contributed by atoms with Crippen molar-refractivity contribution in [3.05, 3.63) is 22.4 Å². The lowest BCUT2D eigenvalue weighted by Crippen LogP contribution is -2.37. The van der Waals surface area contributed by atoms with Crippen LogP contribution in [0.25, 0.3) is 0 Å². The highest BCUT2D eigenvalue weighted by molar-refractivity contribution is 5.57. The molecule has 3 rings (SSSR count). The Morgan fingerprint density at radius 3 is 2.67 bits per heavy atom. The van der Waals surface area contributed by atoms with Crippen molar-refractivity contribution in [2.24, 2.45) is 0 Å². The van der Waals surface area contributed by atoms with E-state index in [0.29, 0.717) is 12.6 Å². The van der Waals surface area contributed by atoms with Gasteiger partial charge in [-0.2, -0.15) is 5.26 Å². The van der Waals surface area contributed by atoms with Gasteiger partial charge in [0, 0.05) is 18.4 Å². The minimum absolute atomic E-state index is 0.203. The van der Waals surface area contributed by atoms with Crippen LogP contribution in [-0.2, 0) is 24.2 Å². The van der Waals surface area contributed by atoms with E-state index in [0.717, 1.165) is 30.6 Å². The molecule has 2 heterocycles. The molecule has 24 heavy (non-hydrogen) atoms. The van der Waals surface area contributed by atoms with Crippen molar-refractivity contribution in [2.75, 3.05) is 5.32 Å². The maximum Gasteiger partial charge on any atom is 0.291 e. The normalized spacial score (nSPS) is 20.2. The van der Waals surface area contributed by atoms with Gasteiger partial charge in [-0.3, -0.25) is 5.32 Å². The fourth-order valence-electron chi connectivity index (χ4n) is 4.03. The van der Waals surface area contributed by atoms with E-state index in [9.17, 15) is 5.26 Å². The number of hydrogen-bond acceptors (Lipinski definition) is 3. The van der Waals surface area contributed by atoms with Crippen molar-refractivity contribution < 1.29 is 9.72 Å². The summed E-state index contributed by atoms with van der Waals surface area (Å²) in [6, 6.07) is 2.96. The number of aromatic nitrogens is 1. The lowest BCUT2D eigenvalue weighted by atomic mass is 9.87. The van der Waals surface area contributed by atoms with E-state index in [1.807, 2.05) is 0 Å². The zero-order valence-electron chi connectivity index (χ0n) is 15.3. The second-order valence-corrected chi connectivity index (χ2v) is 7.88. The first-order valence-electron chi connectivity index (χ1n) is 9.44. The van der Waals surface area contributed by atoms with Crippen molar-refractivity contribution in [3.63, 3.8) is 0 Å². The number of pyridine rings is 1. The van der Waals surface area contributed by atoms with Gasteiger partial charge in [-0.05, 0) is 51.5 Å². The van der Waals surface area contributed by atoms with E-state index >= 15 is 0 Å². The maximum absolute atomic E-state index is 9.84. The molecule has 1 aromatic heterocycles. The Kier molecular flexibility index (Phi) is 5.10. The van der Waals surface area contributed by atoms with E-state index in [2.05, 4.69) is 37.1 Å². The predicted octanol–water partition coefficient (Wildman–Crippen LogP) is 3.92. The third-order valence-electron chi connectivity index (χ3n) is 5.33. The number of nitrogens with zero attached hydrogens (tertiary/aromatic N) is 1. The van der Waals surface area contributed by atoms with Crippen LogP contribution in [-0.4, -0.2) is 11.6 Å². The van der Waals surface area contributed by atoms with E-state index in [-0.39, 0.29) is 5.60 Å². The summed E-state index contributed by atoms with van der Waals surface area (Å²) in [4.78, 5) is 3.55. The monoisotopic (exact) mass is 328 g/mol. The van der Waals surface area contributed by atoms with Gasteiger partial charge in [0.1, 0.15) is 17.3 Å². The third-order valence-corrected chi connectivity index (χ3v) is 5.33. The average Bonchev–Trinajstić information content (AvgIpc) is 2.55. The number of rotatable bonds is 4. The predicted molar refractivity (Wildman–Crippen MR) is 94.8 cm³/mol. The highest BCUT2D eigenvalue weighted by Crippen LogP contribution is 2.33. The van der Waals surface area contributed by atoms with Crippen LogP contribution in [0.1, 0.15) is 81.7 Å². The molecule has 0 aromatic carbocycles. The highest BCUT2D eigenvalue weighted by atomic mass is 16.5. The first kappa shape index (κ1) is 17.2. The molecule has 1 saturated carbocycles. The molecule has 2 aliphatic rings. The number of nitriles is 1. The lowest BCUT2D eigenvalue weighted by molar-refractivity contribution is -0.376. The molecule has 0 spiro atoms. The topological polar surface area (TPSA) is 59.2 Å². The Balaban J connectivity index is 2.01. The summed E-state index contributed by atoms with van der Waals surface area (Å²) in [5, 5.41) is 13.5. The van der Waals surface area contributed by atoms with Crippen LogP contribution in [0.4, 0.5) is 5.82 Å². The first-order chi connectivity index (χ1) is 11.5. The number of nitrogens with one attached hydrogen (secondary N) is 2. The smallest absolute Gasteiger partial charge is 0.291 e. The fraction of sp³-hybridized carbons (Fsp3) is 0.700. The Morgan fingerprint density at radius 2 is 2.00 bits per heavy atom. The second-order valence-electron chi connectivity index (χ2n) is 7.88. The van der Waals surface area contributed by atoms with E-state index in [4.69, 9.17) is 4.74 Å². The van der Waals surface area contributed by atoms with Crippen molar-refractivity contribution in [2.45, 2.75) is 90.4 Å². The number of fused-ring (bicyclic) bond motifs is 1. The molecule has 0 atom stereocenters. The zero-order chi connectivity index (χ0) is 17.2. The largest absolute Gasteiger partial charge is 0.370 e. The fourth-order valence-corrected chi connectivity index (χ4v) is 4.03. The van der Waals surface area contributed by atoms with Crippen LogP contribution in [0.15, 0.2) is 0 Å². The minimum Gasteiger partial charge on any atom is -0.370 e. The summed E-state index contributed by atoms with van der Waals surface area (Å²) in [6.45, 7) is 7.02. The van der Waals surface area contributed by atoms with Gasteiger partial charge >= 0.3 is 0 Å². The Bertz CT molecular complexity index is 639. The molecule has 130 valence electrons. The number of hydrogen-bond donors (Lipinski definition) is 1. The van der Waals surface area contributed by atoms with Gasteiger partial charge in [-0.25, -0.2) is 4.98 Å². The molecule has 0 saturated heterocycles. The molecule has 0 radical (unpaired) electrons. The van der Waals surface area contributed by atoms with Gasteiger partial charge in [0.25, 0.3) is 5.82 Å². The van der Waals surface area contributed by atoms with Crippen LogP contribution in [0.2, 0.25) is 0 Å². The van der Waals surface area contributed by atoms with Crippen molar-refractivity contribution in [3.8, 4) is 6.07 Å². The SMILES string of the molecule is CCCc1[nH+]c(NC2CCCCC2)c(C#N)c2c1COC(C)(C)C2. The van der Waals surface area contributed by atoms with Gasteiger partial charge < -0.3 is 4.74 Å². The van der Waals surface area contributed by atoms with Crippen molar-refractivity contribution in [1.29, 1.82) is 5.26 Å². The quantitative estimate of drug-likeness (QED) is 0.911. The first-order valence-corrected chi connectivity index (χ1v) is 9.44. The lowest BCUT2D eigenvalue weighted by Gasteiger charge is -2.33. The van der Waals surface area contributed by atoms with Gasteiger partial charge in [-0.15, -0.1) is 0 Å². The van der Waals surface area contributed by atoms with Gasteiger partial charge in [-0.1, -0.05) is 13.3 Å². The molecular formula is C20H30N3O+. The van der Waals surface area contributed by atoms with Gasteiger partial charge in [0.05, 0.1) is 18.2 Å². The molecule has 2 N–H and O–H groups in total. The molecule has 1 fully saturated rings. The van der Waals surface area contributed by atoms with Gasteiger partial charge in [0.2, 0.25) is 0 Å². The van der Waals surface area contributed by atoms with Gasteiger partial charge in [0.15, 0.2) is 0 Å². The van der Waals surface area contributed by atoms with E-state index in [1.54, 1.807) is 0 Å². The number of ether oxygens (including phenoxy) is 1. The summed E-state index contributed by atoms with van der Waals surface area (Å²) < 4.78 is 6.02. The summed E-state index contributed by atoms with van der Waals surface area (Å²) in [5.41, 5.74) is 4.23. The summed E-state index contributed by atoms with van der Waals surface area (Å²) in [5.74, 6) is 0.935. The Morgan fingerprint density at radius 1 is 1.25 bits per heavy atom. The van der Waals surface area contributed by atoms with Crippen LogP contribution >= 0.6 is 0 Å². The zero-order valence-corrected chi connectivity index (χ0v) is 15.3. The summed E-state index contributed by atoms with van der Waals surface area (Å²) in [7, 11) is 0. The van der Waals surface area contributed by atoms with Crippen LogP contribution in [0.5, 0.6) is 0 Å². The summed E-state index contributed by atoms with van der Waals surface area (Å²) >= 11 is 0.